The van der Waals surface area contributed by atoms with Crippen LogP contribution in [0.15, 0.2) is 54.6 Å². The molecule has 0 amide bonds. The quantitative estimate of drug-likeness (QED) is 0.923. The van der Waals surface area contributed by atoms with Gasteiger partial charge in [-0.05, 0) is 17.7 Å². The molecule has 0 bridgehead atoms. The Morgan fingerprint density at radius 1 is 1.13 bits per heavy atom. The van der Waals surface area contributed by atoms with Gasteiger partial charge in [-0.3, -0.25) is 4.31 Å². The predicted molar refractivity (Wildman–Crippen MR) is 84.9 cm³/mol. The summed E-state index contributed by atoms with van der Waals surface area (Å²) in [5, 5.41) is 9.19. The maximum atomic E-state index is 12.8. The molecule has 1 aliphatic rings. The van der Waals surface area contributed by atoms with Crippen molar-refractivity contribution in [2.24, 2.45) is 0 Å². The molecule has 120 valence electrons. The molecule has 3 rings (SSSR count). The minimum atomic E-state index is -3.73. The lowest BCUT2D eigenvalue weighted by atomic mass is 10.2. The zero-order valence-electron chi connectivity index (χ0n) is 12.1. The lowest BCUT2D eigenvalue weighted by molar-refractivity contribution is -0.144. The van der Waals surface area contributed by atoms with Crippen molar-refractivity contribution < 1.29 is 23.1 Å². The Labute approximate surface area is 134 Å². The topological polar surface area (TPSA) is 83.9 Å². The number of para-hydroxylation sites is 2. The summed E-state index contributed by atoms with van der Waals surface area (Å²) in [6, 6.07) is 15.3. The van der Waals surface area contributed by atoms with E-state index in [0.717, 1.165) is 4.31 Å². The Bertz CT molecular complexity index is 819. The summed E-state index contributed by atoms with van der Waals surface area (Å²) in [6.07, 6.45) is -1.23. The molecular formula is C16H15NO5S. The largest absolute Gasteiger partial charge is 0.478 e. The van der Waals surface area contributed by atoms with Gasteiger partial charge in [0.15, 0.2) is 0 Å². The molecule has 0 fully saturated rings. The molecule has 1 N–H and O–H groups in total. The van der Waals surface area contributed by atoms with E-state index in [1.54, 1.807) is 54.6 Å². The number of ether oxygens (including phenoxy) is 1. The van der Waals surface area contributed by atoms with Gasteiger partial charge in [0, 0.05) is 0 Å². The van der Waals surface area contributed by atoms with Gasteiger partial charge < -0.3 is 9.84 Å². The van der Waals surface area contributed by atoms with Crippen molar-refractivity contribution in [1.29, 1.82) is 0 Å². The highest BCUT2D eigenvalue weighted by Crippen LogP contribution is 2.35. The van der Waals surface area contributed by atoms with E-state index in [-0.39, 0.29) is 18.0 Å². The molecule has 0 saturated carbocycles. The molecule has 2 aromatic carbocycles. The molecule has 0 aliphatic carbocycles. The monoisotopic (exact) mass is 333 g/mol. The van der Waals surface area contributed by atoms with Crippen molar-refractivity contribution in [1.82, 2.24) is 0 Å². The van der Waals surface area contributed by atoms with Crippen LogP contribution in [0.5, 0.6) is 5.75 Å². The summed E-state index contributed by atoms with van der Waals surface area (Å²) in [5.74, 6) is -1.14. The molecule has 23 heavy (non-hydrogen) atoms. The number of carbonyl (C=O) groups is 1. The first-order valence-electron chi connectivity index (χ1n) is 7.00. The Morgan fingerprint density at radius 3 is 2.48 bits per heavy atom. The summed E-state index contributed by atoms with van der Waals surface area (Å²) >= 11 is 0. The predicted octanol–water partition coefficient (Wildman–Crippen LogP) is 1.87. The molecule has 0 unspecified atom stereocenters. The lowest BCUT2D eigenvalue weighted by Gasteiger charge is -2.33. The highest BCUT2D eigenvalue weighted by Gasteiger charge is 2.36. The Morgan fingerprint density at radius 2 is 1.78 bits per heavy atom. The average Bonchev–Trinajstić information content (AvgIpc) is 2.54. The van der Waals surface area contributed by atoms with Crippen LogP contribution in [-0.4, -0.2) is 32.1 Å². The first-order chi connectivity index (χ1) is 11.0. The van der Waals surface area contributed by atoms with Gasteiger partial charge in [-0.25, -0.2) is 13.2 Å². The van der Waals surface area contributed by atoms with Crippen molar-refractivity contribution in [2.75, 3.05) is 10.8 Å². The highest BCUT2D eigenvalue weighted by atomic mass is 32.2. The van der Waals surface area contributed by atoms with E-state index >= 15 is 0 Å². The molecule has 1 atom stereocenters. The number of aliphatic carboxylic acids is 1. The number of rotatable bonds is 4. The molecule has 2 aromatic rings. The molecule has 0 aromatic heterocycles. The number of hydrogen-bond acceptors (Lipinski definition) is 4. The lowest BCUT2D eigenvalue weighted by Crippen LogP contribution is -2.47. The SMILES string of the molecule is O=C(O)[C@@H]1CN(S(=O)(=O)Cc2ccccc2)c2ccccc2O1. The fourth-order valence-corrected chi connectivity index (χ4v) is 4.04. The summed E-state index contributed by atoms with van der Waals surface area (Å²) in [4.78, 5) is 11.2. The fourth-order valence-electron chi connectivity index (χ4n) is 2.46. The Balaban J connectivity index is 1.98. The van der Waals surface area contributed by atoms with Gasteiger partial charge in [0.05, 0.1) is 18.0 Å². The summed E-state index contributed by atoms with van der Waals surface area (Å²) in [7, 11) is -3.73. The normalized spacial score (nSPS) is 17.2. The molecule has 6 nitrogen and oxygen atoms in total. The van der Waals surface area contributed by atoms with E-state index in [1.165, 1.54) is 0 Å². The number of anilines is 1. The third-order valence-corrected chi connectivity index (χ3v) is 5.25. The molecule has 0 spiro atoms. The van der Waals surface area contributed by atoms with Crippen LogP contribution >= 0.6 is 0 Å². The third kappa shape index (κ3) is 3.14. The van der Waals surface area contributed by atoms with Crippen molar-refractivity contribution in [2.45, 2.75) is 11.9 Å². The summed E-state index contributed by atoms with van der Waals surface area (Å²) in [6.45, 7) is -0.248. The van der Waals surface area contributed by atoms with Crippen LogP contribution in [-0.2, 0) is 20.6 Å². The molecule has 0 radical (unpaired) electrons. The number of benzene rings is 2. The number of fused-ring (bicyclic) bond motifs is 1. The van der Waals surface area contributed by atoms with Crippen LogP contribution in [0, 0.1) is 0 Å². The van der Waals surface area contributed by atoms with E-state index in [9.17, 15) is 18.3 Å². The standard InChI is InChI=1S/C16H15NO5S/c18-16(19)15-10-17(13-8-4-5-9-14(13)22-15)23(20,21)11-12-6-2-1-3-7-12/h1-9,15H,10-11H2,(H,18,19)/t15-/m0/s1. The molecule has 0 saturated heterocycles. The van der Waals surface area contributed by atoms with E-state index in [2.05, 4.69) is 0 Å². The minimum Gasteiger partial charge on any atom is -0.478 e. The smallest absolute Gasteiger partial charge is 0.346 e. The number of hydrogen-bond donors (Lipinski definition) is 1. The van der Waals surface area contributed by atoms with Gasteiger partial charge >= 0.3 is 5.97 Å². The second-order valence-corrected chi connectivity index (χ2v) is 7.08. The van der Waals surface area contributed by atoms with Crippen molar-refractivity contribution in [3.8, 4) is 5.75 Å². The number of carboxylic acids is 1. The third-order valence-electron chi connectivity index (χ3n) is 3.54. The van der Waals surface area contributed by atoms with Gasteiger partial charge in [0.2, 0.25) is 16.1 Å². The van der Waals surface area contributed by atoms with E-state index in [4.69, 9.17) is 4.74 Å². The van der Waals surface area contributed by atoms with Gasteiger partial charge in [-0.2, -0.15) is 0 Å². The first kappa shape index (κ1) is 15.4. The van der Waals surface area contributed by atoms with Crippen LogP contribution in [0.4, 0.5) is 5.69 Å². The van der Waals surface area contributed by atoms with Crippen LogP contribution in [0.2, 0.25) is 0 Å². The van der Waals surface area contributed by atoms with E-state index in [0.29, 0.717) is 11.3 Å². The second-order valence-electron chi connectivity index (χ2n) is 5.19. The maximum Gasteiger partial charge on any atom is 0.346 e. The van der Waals surface area contributed by atoms with E-state index in [1.807, 2.05) is 0 Å². The molecular weight excluding hydrogens is 318 g/mol. The van der Waals surface area contributed by atoms with Crippen molar-refractivity contribution in [3.63, 3.8) is 0 Å². The van der Waals surface area contributed by atoms with Gasteiger partial charge in [-0.1, -0.05) is 42.5 Å². The van der Waals surface area contributed by atoms with Gasteiger partial charge in [0.25, 0.3) is 0 Å². The first-order valence-corrected chi connectivity index (χ1v) is 8.61. The number of nitrogens with zero attached hydrogens (tertiary/aromatic N) is 1. The molecule has 7 heteroatoms. The molecule has 1 aliphatic heterocycles. The minimum absolute atomic E-state index is 0.200. The summed E-state index contributed by atoms with van der Waals surface area (Å²) in [5.41, 5.74) is 1.00. The van der Waals surface area contributed by atoms with Crippen molar-refractivity contribution in [3.05, 3.63) is 60.2 Å². The zero-order valence-corrected chi connectivity index (χ0v) is 12.9. The summed E-state index contributed by atoms with van der Waals surface area (Å²) < 4.78 is 32.0. The second kappa shape index (κ2) is 5.92. The van der Waals surface area contributed by atoms with E-state index < -0.39 is 22.1 Å². The Hall–Kier alpha value is -2.54. The van der Waals surface area contributed by atoms with Gasteiger partial charge in [0.1, 0.15) is 5.75 Å². The van der Waals surface area contributed by atoms with Gasteiger partial charge in [-0.15, -0.1) is 0 Å². The number of carboxylic acid groups (broad SMARTS) is 1. The maximum absolute atomic E-state index is 12.8. The van der Waals surface area contributed by atoms with Crippen LogP contribution in [0.3, 0.4) is 0 Å². The van der Waals surface area contributed by atoms with Crippen LogP contribution < -0.4 is 9.04 Å². The van der Waals surface area contributed by atoms with Crippen LogP contribution in [0.25, 0.3) is 0 Å². The number of sulfonamides is 1. The average molecular weight is 333 g/mol. The van der Waals surface area contributed by atoms with Crippen LogP contribution in [0.1, 0.15) is 5.56 Å². The zero-order chi connectivity index (χ0) is 16.4. The highest BCUT2D eigenvalue weighted by molar-refractivity contribution is 7.92. The Kier molecular flexibility index (Phi) is 3.96. The fraction of sp³-hybridized carbons (Fsp3) is 0.188. The molecule has 1 heterocycles. The van der Waals surface area contributed by atoms with Crippen molar-refractivity contribution >= 4 is 21.7 Å².